The number of nitrogens with one attached hydrogen (secondary N) is 2. The molecule has 0 spiro atoms. The topological polar surface area (TPSA) is 40.4 Å². The smallest absolute Gasteiger partial charge is 0.159 e. The minimum absolute atomic E-state index is 0.418. The quantitative estimate of drug-likeness (QED) is 0.757. The largest absolute Gasteiger partial charge is 0.462 e. The number of hydrogen-bond donors (Lipinski definition) is 2. The molecule has 2 aromatic carbocycles. The highest BCUT2D eigenvalue weighted by Crippen LogP contribution is 2.32. The minimum Gasteiger partial charge on any atom is -0.462 e. The monoisotopic (exact) mass is 343 g/mol. The zero-order valence-electron chi connectivity index (χ0n) is 13.7. The van der Waals surface area contributed by atoms with E-state index in [1.165, 1.54) is 6.07 Å². The Morgan fingerprint density at radius 1 is 1.04 bits per heavy atom. The number of piperazine rings is 1. The van der Waals surface area contributed by atoms with Gasteiger partial charge < -0.3 is 20.0 Å². The summed E-state index contributed by atoms with van der Waals surface area (Å²) >= 11 is 0. The van der Waals surface area contributed by atoms with Gasteiger partial charge in [-0.1, -0.05) is 6.07 Å². The summed E-state index contributed by atoms with van der Waals surface area (Å²) in [5.74, 6) is -1.66. The number of halogens is 2. The lowest BCUT2D eigenvalue weighted by Crippen LogP contribution is -2.43. The highest BCUT2D eigenvalue weighted by atomic mass is 19.2. The molecule has 3 aromatic rings. The molecule has 0 aliphatic carbocycles. The van der Waals surface area contributed by atoms with Crippen molar-refractivity contribution in [1.82, 2.24) is 5.32 Å². The summed E-state index contributed by atoms with van der Waals surface area (Å²) in [6.45, 7) is 4.13. The molecule has 0 radical (unpaired) electrons. The van der Waals surface area contributed by atoms with E-state index < -0.39 is 11.6 Å². The van der Waals surface area contributed by atoms with Gasteiger partial charge >= 0.3 is 0 Å². The van der Waals surface area contributed by atoms with Crippen LogP contribution in [0.1, 0.15) is 5.56 Å². The maximum Gasteiger partial charge on any atom is 0.159 e. The molecule has 0 unspecified atom stereocenters. The van der Waals surface area contributed by atoms with Crippen LogP contribution in [-0.2, 0) is 6.54 Å². The Balaban J connectivity index is 1.59. The molecular weight excluding hydrogens is 324 g/mol. The van der Waals surface area contributed by atoms with Crippen molar-refractivity contribution in [3.63, 3.8) is 0 Å². The molecule has 1 aliphatic heterocycles. The molecule has 25 heavy (non-hydrogen) atoms. The average Bonchev–Trinajstić information content (AvgIpc) is 3.11. The summed E-state index contributed by atoms with van der Waals surface area (Å²) in [5, 5.41) is 7.66. The molecule has 0 bridgehead atoms. The van der Waals surface area contributed by atoms with Crippen molar-refractivity contribution in [3.05, 3.63) is 59.9 Å². The molecule has 6 heteroatoms. The molecule has 0 saturated carbocycles. The highest BCUT2D eigenvalue weighted by molar-refractivity contribution is 5.93. The summed E-state index contributed by atoms with van der Waals surface area (Å²) in [4.78, 5) is 2.30. The molecule has 1 aromatic heterocycles. The Morgan fingerprint density at radius 2 is 1.88 bits per heavy atom. The zero-order valence-corrected chi connectivity index (χ0v) is 13.7. The number of rotatable bonds is 4. The second kappa shape index (κ2) is 6.72. The van der Waals surface area contributed by atoms with E-state index in [-0.39, 0.29) is 0 Å². The van der Waals surface area contributed by atoms with E-state index in [2.05, 4.69) is 21.6 Å². The summed E-state index contributed by atoms with van der Waals surface area (Å²) < 4.78 is 32.1. The molecule has 4 rings (SSSR count). The first-order valence-corrected chi connectivity index (χ1v) is 8.35. The third kappa shape index (κ3) is 3.30. The third-order valence-corrected chi connectivity index (χ3v) is 4.47. The predicted octanol–water partition coefficient (Wildman–Crippen LogP) is 3.73. The predicted molar refractivity (Wildman–Crippen MR) is 95.0 cm³/mol. The van der Waals surface area contributed by atoms with Crippen molar-refractivity contribution in [2.24, 2.45) is 0 Å². The van der Waals surface area contributed by atoms with Crippen LogP contribution in [0.2, 0.25) is 0 Å². The molecule has 130 valence electrons. The standard InChI is InChI=1S/C19H19F2N3O/c20-16-2-1-13(9-17(16)21)12-23-15-10-14-3-8-25-19(14)18(11-15)24-6-4-22-5-7-24/h1-3,8-11,22-23H,4-7,12H2. The van der Waals surface area contributed by atoms with Crippen LogP contribution in [-0.4, -0.2) is 26.2 Å². The van der Waals surface area contributed by atoms with Crippen molar-refractivity contribution in [2.75, 3.05) is 36.4 Å². The first kappa shape index (κ1) is 15.9. The maximum absolute atomic E-state index is 13.4. The van der Waals surface area contributed by atoms with Crippen LogP contribution in [0.3, 0.4) is 0 Å². The molecule has 1 fully saturated rings. The average molecular weight is 343 g/mol. The lowest BCUT2D eigenvalue weighted by Gasteiger charge is -2.29. The van der Waals surface area contributed by atoms with Gasteiger partial charge in [0, 0.05) is 43.8 Å². The van der Waals surface area contributed by atoms with E-state index in [4.69, 9.17) is 4.42 Å². The van der Waals surface area contributed by atoms with Gasteiger partial charge in [-0.2, -0.15) is 0 Å². The van der Waals surface area contributed by atoms with Crippen molar-refractivity contribution in [2.45, 2.75) is 6.54 Å². The number of furan rings is 1. The van der Waals surface area contributed by atoms with Gasteiger partial charge in [-0.05, 0) is 35.9 Å². The second-order valence-corrected chi connectivity index (χ2v) is 6.17. The minimum atomic E-state index is -0.829. The van der Waals surface area contributed by atoms with Crippen LogP contribution in [0, 0.1) is 11.6 Å². The third-order valence-electron chi connectivity index (χ3n) is 4.47. The molecule has 1 aliphatic rings. The fourth-order valence-electron chi connectivity index (χ4n) is 3.16. The van der Waals surface area contributed by atoms with Crippen molar-refractivity contribution in [1.29, 1.82) is 0 Å². The Hall–Kier alpha value is -2.60. The molecule has 4 nitrogen and oxygen atoms in total. The lowest BCUT2D eigenvalue weighted by atomic mass is 10.1. The Kier molecular flexibility index (Phi) is 4.28. The normalized spacial score (nSPS) is 14.9. The van der Waals surface area contributed by atoms with Crippen molar-refractivity contribution >= 4 is 22.3 Å². The van der Waals surface area contributed by atoms with Gasteiger partial charge in [0.05, 0.1) is 12.0 Å². The van der Waals surface area contributed by atoms with Crippen LogP contribution in [0.15, 0.2) is 47.1 Å². The van der Waals surface area contributed by atoms with Gasteiger partial charge in [0.25, 0.3) is 0 Å². The SMILES string of the molecule is Fc1ccc(CNc2cc(N3CCNCC3)c3occc3c2)cc1F. The van der Waals surface area contributed by atoms with Crippen molar-refractivity contribution < 1.29 is 13.2 Å². The van der Waals surface area contributed by atoms with Crippen molar-refractivity contribution in [3.8, 4) is 0 Å². The van der Waals surface area contributed by atoms with Gasteiger partial charge in [-0.15, -0.1) is 0 Å². The molecular formula is C19H19F2N3O. The van der Waals surface area contributed by atoms with Gasteiger partial charge in [-0.25, -0.2) is 8.78 Å². The number of hydrogen-bond acceptors (Lipinski definition) is 4. The Morgan fingerprint density at radius 3 is 2.68 bits per heavy atom. The first-order chi connectivity index (χ1) is 12.2. The Bertz CT molecular complexity index is 888. The summed E-state index contributed by atoms with van der Waals surface area (Å²) in [6, 6.07) is 9.94. The van der Waals surface area contributed by atoms with Gasteiger partial charge in [0.15, 0.2) is 17.2 Å². The van der Waals surface area contributed by atoms with E-state index in [0.29, 0.717) is 12.1 Å². The van der Waals surface area contributed by atoms with E-state index >= 15 is 0 Å². The zero-order chi connectivity index (χ0) is 17.2. The molecule has 0 amide bonds. The lowest BCUT2D eigenvalue weighted by molar-refractivity contribution is 0.507. The first-order valence-electron chi connectivity index (χ1n) is 8.35. The molecule has 2 heterocycles. The van der Waals surface area contributed by atoms with E-state index in [1.807, 2.05) is 12.1 Å². The van der Waals surface area contributed by atoms with Crippen LogP contribution >= 0.6 is 0 Å². The van der Waals surface area contributed by atoms with Crippen LogP contribution in [0.5, 0.6) is 0 Å². The highest BCUT2D eigenvalue weighted by Gasteiger charge is 2.16. The molecule has 0 atom stereocenters. The second-order valence-electron chi connectivity index (χ2n) is 6.17. The number of fused-ring (bicyclic) bond motifs is 1. The van der Waals surface area contributed by atoms with Crippen LogP contribution in [0.25, 0.3) is 11.0 Å². The van der Waals surface area contributed by atoms with E-state index in [1.54, 1.807) is 12.3 Å². The van der Waals surface area contributed by atoms with Crippen LogP contribution in [0.4, 0.5) is 20.2 Å². The number of benzene rings is 2. The number of anilines is 2. The summed E-state index contributed by atoms with van der Waals surface area (Å²) in [5.41, 5.74) is 3.54. The van der Waals surface area contributed by atoms with E-state index in [0.717, 1.165) is 54.6 Å². The van der Waals surface area contributed by atoms with Crippen LogP contribution < -0.4 is 15.5 Å². The Labute approximate surface area is 144 Å². The van der Waals surface area contributed by atoms with Gasteiger partial charge in [0.1, 0.15) is 0 Å². The fourth-order valence-corrected chi connectivity index (χ4v) is 3.16. The van der Waals surface area contributed by atoms with Gasteiger partial charge in [-0.3, -0.25) is 0 Å². The summed E-state index contributed by atoms with van der Waals surface area (Å²) in [7, 11) is 0. The number of nitrogens with zero attached hydrogens (tertiary/aromatic N) is 1. The fraction of sp³-hybridized carbons (Fsp3) is 0.263. The molecule has 1 saturated heterocycles. The summed E-state index contributed by atoms with van der Waals surface area (Å²) in [6.07, 6.45) is 1.69. The van der Waals surface area contributed by atoms with Gasteiger partial charge in [0.2, 0.25) is 0 Å². The van der Waals surface area contributed by atoms with E-state index in [9.17, 15) is 8.78 Å². The maximum atomic E-state index is 13.4. The molecule has 2 N–H and O–H groups in total.